The van der Waals surface area contributed by atoms with Crippen molar-refractivity contribution >= 4 is 47.3 Å². The fourth-order valence-corrected chi connectivity index (χ4v) is 5.77. The molecule has 2 atom stereocenters. The van der Waals surface area contributed by atoms with Gasteiger partial charge in [0.2, 0.25) is 5.91 Å². The molecule has 1 aromatic heterocycles. The molecule has 2 saturated heterocycles. The Morgan fingerprint density at radius 2 is 1.83 bits per heavy atom. The minimum Gasteiger partial charge on any atom is -0.493 e. The SMILES string of the molecule is C=CC(=O)N1CCC(Oc2cc(C(N)=Nc3ccc(Oc4cc(N5C[C@@H](C)O[C@@H](C)C5)ncc4Cl)cc3F)c(N=C)cc2OC)CC1. The molecule has 3 aromatic rings. The van der Waals surface area contributed by atoms with Gasteiger partial charge in [0.05, 0.1) is 31.2 Å². The molecule has 248 valence electrons. The lowest BCUT2D eigenvalue weighted by atomic mass is 10.1. The summed E-state index contributed by atoms with van der Waals surface area (Å²) in [6, 6.07) is 9.25. The highest BCUT2D eigenvalue weighted by molar-refractivity contribution is 6.32. The zero-order chi connectivity index (χ0) is 33.7. The lowest BCUT2D eigenvalue weighted by Gasteiger charge is -2.36. The van der Waals surface area contributed by atoms with Crippen molar-refractivity contribution < 1.29 is 28.1 Å². The summed E-state index contributed by atoms with van der Waals surface area (Å²) in [5.74, 6) is 1.31. The van der Waals surface area contributed by atoms with Crippen LogP contribution in [-0.4, -0.2) is 79.9 Å². The molecule has 1 amide bonds. The number of pyridine rings is 1. The number of carbonyl (C=O) groups is 1. The minimum atomic E-state index is -0.661. The number of nitrogens with zero attached hydrogens (tertiary/aromatic N) is 5. The van der Waals surface area contributed by atoms with Crippen molar-refractivity contribution in [1.29, 1.82) is 0 Å². The van der Waals surface area contributed by atoms with E-state index in [-0.39, 0.29) is 46.5 Å². The molecule has 13 heteroatoms. The molecule has 2 aliphatic rings. The number of hydrogen-bond donors (Lipinski definition) is 1. The van der Waals surface area contributed by atoms with E-state index < -0.39 is 5.82 Å². The zero-order valence-electron chi connectivity index (χ0n) is 26.6. The normalized spacial score (nSPS) is 18.9. The van der Waals surface area contributed by atoms with E-state index in [9.17, 15) is 4.79 Å². The molecule has 2 aliphatic heterocycles. The number of ether oxygens (including phenoxy) is 4. The van der Waals surface area contributed by atoms with Crippen LogP contribution in [0.2, 0.25) is 5.02 Å². The van der Waals surface area contributed by atoms with E-state index in [2.05, 4.69) is 33.2 Å². The first-order valence-electron chi connectivity index (χ1n) is 15.2. The Hall–Kier alpha value is -4.68. The summed E-state index contributed by atoms with van der Waals surface area (Å²) in [7, 11) is 1.51. The fraction of sp³-hybridized carbons (Fsp3) is 0.353. The molecule has 0 spiro atoms. The maximum absolute atomic E-state index is 15.4. The van der Waals surface area contributed by atoms with Crippen LogP contribution in [0.4, 0.5) is 21.6 Å². The van der Waals surface area contributed by atoms with Gasteiger partial charge in [-0.25, -0.2) is 14.4 Å². The molecule has 5 rings (SSSR count). The van der Waals surface area contributed by atoms with E-state index in [1.165, 1.54) is 31.5 Å². The Balaban J connectivity index is 1.34. The standard InChI is InChI=1S/C34H38ClFN6O5/c1-6-33(43)41-11-9-22(10-12-41)46-31-14-24(28(38-4)15-30(31)44-5)34(37)40-27-8-7-23(13-26(27)36)47-29-16-32(39-17-25(29)35)42-18-20(2)45-21(3)19-42/h6-8,13-17,20-22H,1,4,9-12,18-19H2,2-3,5H3,(H2,37,40)/t20-,21+. The zero-order valence-corrected chi connectivity index (χ0v) is 27.4. The van der Waals surface area contributed by atoms with Crippen molar-refractivity contribution in [3.63, 3.8) is 0 Å². The van der Waals surface area contributed by atoms with Gasteiger partial charge in [-0.1, -0.05) is 18.2 Å². The maximum Gasteiger partial charge on any atom is 0.245 e. The van der Waals surface area contributed by atoms with E-state index in [1.54, 1.807) is 29.2 Å². The minimum absolute atomic E-state index is 0.00495. The number of halogens is 2. The molecule has 0 radical (unpaired) electrons. The average molecular weight is 665 g/mol. The van der Waals surface area contributed by atoms with Gasteiger partial charge in [0.15, 0.2) is 23.1 Å². The van der Waals surface area contributed by atoms with Crippen LogP contribution in [-0.2, 0) is 9.53 Å². The Labute approximate surface area is 278 Å². The lowest BCUT2D eigenvalue weighted by Crippen LogP contribution is -2.45. The highest BCUT2D eigenvalue weighted by Crippen LogP contribution is 2.38. The number of benzene rings is 2. The molecule has 0 saturated carbocycles. The third-order valence-corrected chi connectivity index (χ3v) is 8.17. The first kappa shape index (κ1) is 33.7. The van der Waals surface area contributed by atoms with Crippen molar-refractivity contribution in [1.82, 2.24) is 9.88 Å². The number of rotatable bonds is 10. The molecule has 47 heavy (non-hydrogen) atoms. The number of hydrogen-bond acceptors (Lipinski definition) is 9. The van der Waals surface area contributed by atoms with Crippen LogP contribution in [0.25, 0.3) is 0 Å². The van der Waals surface area contributed by atoms with Crippen molar-refractivity contribution in [3.05, 3.63) is 71.7 Å². The van der Waals surface area contributed by atoms with E-state index in [0.29, 0.717) is 73.3 Å². The third kappa shape index (κ3) is 8.01. The molecule has 2 aromatic carbocycles. The number of amides is 1. The van der Waals surface area contributed by atoms with Crippen LogP contribution in [0.3, 0.4) is 0 Å². The van der Waals surface area contributed by atoms with Crippen molar-refractivity contribution in [2.75, 3.05) is 38.2 Å². The molecule has 2 fully saturated rings. The largest absolute Gasteiger partial charge is 0.493 e. The summed E-state index contributed by atoms with van der Waals surface area (Å²) in [4.78, 5) is 28.6. The molecule has 0 unspecified atom stereocenters. The Kier molecular flexibility index (Phi) is 10.6. The number of aliphatic imine (C=N–C) groups is 2. The third-order valence-electron chi connectivity index (χ3n) is 7.89. The van der Waals surface area contributed by atoms with Gasteiger partial charge in [0.25, 0.3) is 0 Å². The predicted molar refractivity (Wildman–Crippen MR) is 181 cm³/mol. The van der Waals surface area contributed by atoms with Crippen LogP contribution in [0.1, 0.15) is 32.3 Å². The summed E-state index contributed by atoms with van der Waals surface area (Å²) in [6.07, 6.45) is 4.00. The van der Waals surface area contributed by atoms with E-state index >= 15 is 4.39 Å². The number of aromatic nitrogens is 1. The van der Waals surface area contributed by atoms with Gasteiger partial charge < -0.3 is 34.5 Å². The monoisotopic (exact) mass is 664 g/mol. The number of anilines is 1. The van der Waals surface area contributed by atoms with E-state index in [1.807, 2.05) is 13.8 Å². The predicted octanol–water partition coefficient (Wildman–Crippen LogP) is 6.21. The van der Waals surface area contributed by atoms with Crippen LogP contribution in [0.15, 0.2) is 65.2 Å². The number of nitrogens with two attached hydrogens (primary N) is 1. The summed E-state index contributed by atoms with van der Waals surface area (Å²) >= 11 is 6.38. The smallest absolute Gasteiger partial charge is 0.245 e. The summed E-state index contributed by atoms with van der Waals surface area (Å²) in [5, 5.41) is 0.285. The summed E-state index contributed by atoms with van der Waals surface area (Å²) in [5.41, 5.74) is 7.15. The van der Waals surface area contributed by atoms with Crippen molar-refractivity contribution in [3.8, 4) is 23.0 Å². The van der Waals surface area contributed by atoms with Gasteiger partial charge in [-0.05, 0) is 44.8 Å². The number of methoxy groups -OCH3 is 1. The Morgan fingerprint density at radius 3 is 2.47 bits per heavy atom. The summed E-state index contributed by atoms with van der Waals surface area (Å²) in [6.45, 7) is 13.6. The summed E-state index contributed by atoms with van der Waals surface area (Å²) < 4.78 is 38.9. The molecule has 2 N–H and O–H groups in total. The first-order valence-corrected chi connectivity index (χ1v) is 15.6. The van der Waals surface area contributed by atoms with Gasteiger partial charge in [0, 0.05) is 62.8 Å². The Bertz CT molecular complexity index is 1670. The number of piperidine rings is 1. The average Bonchev–Trinajstić information content (AvgIpc) is 3.06. The number of morpholine rings is 1. The van der Waals surface area contributed by atoms with E-state index in [0.717, 1.165) is 0 Å². The van der Waals surface area contributed by atoms with Crippen molar-refractivity contribution in [2.24, 2.45) is 15.7 Å². The lowest BCUT2D eigenvalue weighted by molar-refractivity contribution is -0.127. The number of carbonyl (C=O) groups excluding carboxylic acids is 1. The van der Waals surface area contributed by atoms with Crippen LogP contribution >= 0.6 is 11.6 Å². The molecular formula is C34H38ClFN6O5. The molecular weight excluding hydrogens is 627 g/mol. The second-order valence-corrected chi connectivity index (χ2v) is 11.8. The van der Waals surface area contributed by atoms with Crippen LogP contribution in [0.5, 0.6) is 23.0 Å². The molecule has 11 nitrogen and oxygen atoms in total. The topological polar surface area (TPSA) is 124 Å². The second kappa shape index (κ2) is 14.8. The highest BCUT2D eigenvalue weighted by Gasteiger charge is 2.26. The van der Waals surface area contributed by atoms with Gasteiger partial charge in [-0.3, -0.25) is 9.79 Å². The quantitative estimate of drug-likeness (QED) is 0.154. The number of likely N-dealkylation sites (tertiary alicyclic amines) is 1. The van der Waals surface area contributed by atoms with Gasteiger partial charge >= 0.3 is 0 Å². The van der Waals surface area contributed by atoms with Crippen LogP contribution < -0.4 is 24.8 Å². The molecule has 3 heterocycles. The molecule has 0 aliphatic carbocycles. The van der Waals surface area contributed by atoms with Crippen molar-refractivity contribution in [2.45, 2.75) is 45.0 Å². The maximum atomic E-state index is 15.4. The Morgan fingerprint density at radius 1 is 1.11 bits per heavy atom. The first-order chi connectivity index (χ1) is 22.6. The van der Waals surface area contributed by atoms with Crippen LogP contribution in [0, 0.1) is 5.82 Å². The number of amidine groups is 1. The highest BCUT2D eigenvalue weighted by atomic mass is 35.5. The van der Waals surface area contributed by atoms with Gasteiger partial charge in [-0.15, -0.1) is 0 Å². The van der Waals surface area contributed by atoms with Gasteiger partial charge in [-0.2, -0.15) is 0 Å². The second-order valence-electron chi connectivity index (χ2n) is 11.4. The van der Waals surface area contributed by atoms with E-state index in [4.69, 9.17) is 36.3 Å². The van der Waals surface area contributed by atoms with Gasteiger partial charge in [0.1, 0.15) is 34.2 Å². The fourth-order valence-electron chi connectivity index (χ4n) is 5.62. The molecule has 0 bridgehead atoms.